The molecule has 2 saturated heterocycles. The number of methoxy groups -OCH3 is 2. The summed E-state index contributed by atoms with van der Waals surface area (Å²) in [7, 11) is 7.06. The summed E-state index contributed by atoms with van der Waals surface area (Å²) in [5.74, 6) is -5.72. The standard InChI is InChI=1S/C50H76N2O11/c1-11-36-25-30(2)24-31(3)26-43(59-9)46-44(60-10)28-34(6)50(58,63-46)47(55)48(56)52-23-13-12-14-39(52)49(57)62-45(32(4)15-21-40(36)53)33(5)27-35-16-22-42(41(54)29-35)61-38-19-17-37(18-20-38)51(7)8/h17-20,25,27,31-32,34-36,39,41-46,54,58H,11-16,21-24,26,28-29H2,1-10H3. The fourth-order valence-corrected chi connectivity index (χ4v) is 10.3. The lowest BCUT2D eigenvalue weighted by atomic mass is 9.82. The molecule has 1 aromatic rings. The molecule has 13 nitrogen and oxygen atoms in total. The number of fused-ring (bicyclic) bond motifs is 3. The first kappa shape index (κ1) is 50.4. The molecule has 2 bridgehead atoms. The van der Waals surface area contributed by atoms with Gasteiger partial charge in [0.1, 0.15) is 35.9 Å². The molecule has 13 heteroatoms. The van der Waals surface area contributed by atoms with Gasteiger partial charge < -0.3 is 43.7 Å². The van der Waals surface area contributed by atoms with E-state index in [0.717, 1.165) is 23.3 Å². The molecule has 0 spiro atoms. The lowest BCUT2D eigenvalue weighted by Crippen LogP contribution is -2.64. The number of anilines is 1. The number of allylic oxidation sites excluding steroid dienone is 3. The van der Waals surface area contributed by atoms with Gasteiger partial charge in [0, 0.05) is 58.8 Å². The van der Waals surface area contributed by atoms with Crippen molar-refractivity contribution in [2.24, 2.45) is 29.6 Å². The molecule has 3 heterocycles. The van der Waals surface area contributed by atoms with Crippen molar-refractivity contribution in [3.05, 3.63) is 47.6 Å². The van der Waals surface area contributed by atoms with Gasteiger partial charge in [-0.25, -0.2) is 4.79 Å². The number of hydrogen-bond acceptors (Lipinski definition) is 12. The quantitative estimate of drug-likeness (QED) is 0.157. The molecule has 1 aliphatic carbocycles. The second kappa shape index (κ2) is 22.5. The minimum absolute atomic E-state index is 0.0172. The fraction of sp³-hybridized carbons (Fsp3) is 0.720. The molecule has 4 aliphatic rings. The highest BCUT2D eigenvalue weighted by molar-refractivity contribution is 6.39. The molecule has 352 valence electrons. The van der Waals surface area contributed by atoms with E-state index in [9.17, 15) is 29.4 Å². The molecule has 5 rings (SSSR count). The number of hydrogen-bond donors (Lipinski definition) is 2. The molecule has 3 aliphatic heterocycles. The molecular formula is C50H76N2O11. The predicted molar refractivity (Wildman–Crippen MR) is 241 cm³/mol. The van der Waals surface area contributed by atoms with Crippen molar-refractivity contribution in [3.8, 4) is 5.75 Å². The van der Waals surface area contributed by atoms with Crippen LogP contribution in [0.3, 0.4) is 0 Å². The lowest BCUT2D eigenvalue weighted by Gasteiger charge is -2.47. The number of amides is 1. The number of rotatable bonds is 8. The van der Waals surface area contributed by atoms with E-state index >= 15 is 0 Å². The van der Waals surface area contributed by atoms with Crippen molar-refractivity contribution in [3.63, 3.8) is 0 Å². The summed E-state index contributed by atoms with van der Waals surface area (Å²) in [6.45, 7) is 11.8. The lowest BCUT2D eigenvalue weighted by molar-refractivity contribution is -0.302. The van der Waals surface area contributed by atoms with E-state index in [4.69, 9.17) is 23.7 Å². The first-order chi connectivity index (χ1) is 29.9. The normalized spacial score (nSPS) is 36.1. The van der Waals surface area contributed by atoms with Crippen molar-refractivity contribution in [2.75, 3.05) is 39.8 Å². The minimum atomic E-state index is -2.48. The monoisotopic (exact) mass is 881 g/mol. The third-order valence-electron chi connectivity index (χ3n) is 14.1. The second-order valence-corrected chi connectivity index (χ2v) is 19.3. The summed E-state index contributed by atoms with van der Waals surface area (Å²) in [5.41, 5.74) is 2.92. The Balaban J connectivity index is 1.43. The maximum Gasteiger partial charge on any atom is 0.329 e. The van der Waals surface area contributed by atoms with Gasteiger partial charge in [0.15, 0.2) is 0 Å². The highest BCUT2D eigenvalue weighted by Gasteiger charge is 2.56. The molecule has 1 amide bonds. The Morgan fingerprint density at radius 3 is 2.25 bits per heavy atom. The summed E-state index contributed by atoms with van der Waals surface area (Å²) >= 11 is 0. The van der Waals surface area contributed by atoms with E-state index in [1.165, 1.54) is 4.90 Å². The molecule has 63 heavy (non-hydrogen) atoms. The van der Waals surface area contributed by atoms with E-state index in [1.54, 1.807) is 21.1 Å². The Morgan fingerprint density at radius 1 is 0.937 bits per heavy atom. The van der Waals surface area contributed by atoms with Crippen LogP contribution in [-0.2, 0) is 38.1 Å². The fourth-order valence-electron chi connectivity index (χ4n) is 10.3. The molecule has 0 aromatic heterocycles. The third kappa shape index (κ3) is 12.4. The van der Waals surface area contributed by atoms with Crippen LogP contribution in [-0.4, -0.2) is 122 Å². The number of aliphatic hydroxyl groups is 2. The predicted octanol–water partition coefficient (Wildman–Crippen LogP) is 7.00. The first-order valence-electron chi connectivity index (χ1n) is 23.4. The Bertz CT molecular complexity index is 1780. The van der Waals surface area contributed by atoms with E-state index in [0.29, 0.717) is 63.5 Å². The van der Waals surface area contributed by atoms with Crippen LogP contribution in [0.25, 0.3) is 0 Å². The number of ether oxygens (including phenoxy) is 5. The van der Waals surface area contributed by atoms with Gasteiger partial charge in [0.25, 0.3) is 11.7 Å². The van der Waals surface area contributed by atoms with Crippen molar-refractivity contribution in [1.82, 2.24) is 4.90 Å². The van der Waals surface area contributed by atoms with Crippen LogP contribution in [0.1, 0.15) is 119 Å². The van der Waals surface area contributed by atoms with Gasteiger partial charge >= 0.3 is 5.97 Å². The van der Waals surface area contributed by atoms with Gasteiger partial charge in [-0.3, -0.25) is 14.4 Å². The summed E-state index contributed by atoms with van der Waals surface area (Å²) in [6.07, 6.45) is 6.51. The first-order valence-corrected chi connectivity index (χ1v) is 23.4. The number of piperidine rings is 1. The number of aliphatic hydroxyl groups excluding tert-OH is 1. The average Bonchev–Trinajstić information content (AvgIpc) is 3.26. The van der Waals surface area contributed by atoms with Crippen LogP contribution in [0.4, 0.5) is 5.69 Å². The average molecular weight is 881 g/mol. The Hall–Kier alpha value is -3.62. The zero-order valence-electron chi connectivity index (χ0n) is 39.5. The van der Waals surface area contributed by atoms with Gasteiger partial charge in [-0.2, -0.15) is 0 Å². The topological polar surface area (TPSA) is 161 Å². The molecule has 13 unspecified atom stereocenters. The molecule has 1 saturated carbocycles. The van der Waals surface area contributed by atoms with Crippen LogP contribution in [0, 0.1) is 29.6 Å². The van der Waals surface area contributed by atoms with Crippen molar-refractivity contribution in [1.29, 1.82) is 0 Å². The van der Waals surface area contributed by atoms with Gasteiger partial charge in [0.05, 0.1) is 18.3 Å². The molecule has 1 aromatic carbocycles. The summed E-state index contributed by atoms with van der Waals surface area (Å²) in [4.78, 5) is 60.2. The van der Waals surface area contributed by atoms with Gasteiger partial charge in [-0.05, 0) is 132 Å². The molecular weight excluding hydrogens is 805 g/mol. The van der Waals surface area contributed by atoms with Crippen LogP contribution in [0.15, 0.2) is 47.6 Å². The van der Waals surface area contributed by atoms with Gasteiger partial charge in [-0.1, -0.05) is 45.4 Å². The smallest absolute Gasteiger partial charge is 0.329 e. The van der Waals surface area contributed by atoms with Crippen LogP contribution in [0.5, 0.6) is 5.75 Å². The highest BCUT2D eigenvalue weighted by Crippen LogP contribution is 2.39. The van der Waals surface area contributed by atoms with E-state index in [-0.39, 0.29) is 54.9 Å². The highest BCUT2D eigenvalue weighted by atomic mass is 16.7. The van der Waals surface area contributed by atoms with E-state index in [2.05, 4.69) is 19.1 Å². The van der Waals surface area contributed by atoms with Crippen molar-refractivity contribution < 1.29 is 53.1 Å². The van der Waals surface area contributed by atoms with Crippen molar-refractivity contribution in [2.45, 2.75) is 167 Å². The molecule has 0 radical (unpaired) electrons. The Kier molecular flexibility index (Phi) is 18.0. The van der Waals surface area contributed by atoms with Crippen LogP contribution >= 0.6 is 0 Å². The Labute approximate surface area is 375 Å². The van der Waals surface area contributed by atoms with Gasteiger partial charge in [-0.15, -0.1) is 0 Å². The summed E-state index contributed by atoms with van der Waals surface area (Å²) in [5, 5.41) is 23.4. The zero-order valence-corrected chi connectivity index (χ0v) is 39.5. The minimum Gasteiger partial charge on any atom is -0.488 e. The molecule has 13 atom stereocenters. The number of esters is 1. The van der Waals surface area contributed by atoms with Crippen molar-refractivity contribution >= 4 is 29.1 Å². The number of Topliss-reactive ketones (excluding diaryl/α,β-unsaturated/α-hetero) is 2. The number of cyclic esters (lactones) is 1. The maximum atomic E-state index is 14.4. The zero-order chi connectivity index (χ0) is 46.2. The third-order valence-corrected chi connectivity index (χ3v) is 14.1. The van der Waals surface area contributed by atoms with Crippen LogP contribution < -0.4 is 9.64 Å². The number of nitrogens with zero attached hydrogens (tertiary/aromatic N) is 2. The number of ketones is 2. The number of carbonyl (C=O) groups is 4. The number of carbonyl (C=O) groups excluding carboxylic acids is 4. The second-order valence-electron chi connectivity index (χ2n) is 19.3. The Morgan fingerprint density at radius 2 is 1.62 bits per heavy atom. The van der Waals surface area contributed by atoms with Gasteiger partial charge in [0.2, 0.25) is 5.79 Å². The number of benzene rings is 1. The maximum absolute atomic E-state index is 14.4. The largest absolute Gasteiger partial charge is 0.488 e. The molecule has 2 N–H and O–H groups in total. The van der Waals surface area contributed by atoms with Crippen LogP contribution in [0.2, 0.25) is 0 Å². The van der Waals surface area contributed by atoms with E-state index < -0.39 is 65.9 Å². The molecule has 3 fully saturated rings. The summed E-state index contributed by atoms with van der Waals surface area (Å²) < 4.78 is 30.7. The SMILES string of the molecule is CCC1C=C(C)CC(C)CC(OC)C2OC(O)(C(=O)C(=O)N3CCCCC3C(=O)OC(C(C)=CC3CCC(Oc4ccc(N(C)C)cc4)C(O)C3)C(C)CCC1=O)C(C)CC2OC. The summed E-state index contributed by atoms with van der Waals surface area (Å²) in [6, 6.07) is 6.72. The van der Waals surface area contributed by atoms with E-state index in [1.807, 2.05) is 71.0 Å².